The summed E-state index contributed by atoms with van der Waals surface area (Å²) in [5.74, 6) is 0. The van der Waals surface area contributed by atoms with E-state index in [1.54, 1.807) is 6.92 Å². The molecule has 0 saturated carbocycles. The molecule has 6 heteroatoms. The van der Waals surface area contributed by atoms with Crippen molar-refractivity contribution in [3.8, 4) is 0 Å². The third kappa shape index (κ3) is 3.21. The first-order valence-electron chi connectivity index (χ1n) is 4.07. The number of nitrogens with one attached hydrogen (secondary N) is 1. The van der Waals surface area contributed by atoms with Crippen LogP contribution in [-0.2, 0) is 0 Å². The number of anilines is 1. The molecule has 0 amide bonds. The second kappa shape index (κ2) is 4.88. The Morgan fingerprint density at radius 2 is 2.31 bits per heavy atom. The lowest BCUT2D eigenvalue weighted by molar-refractivity contribution is 0.169. The Balaban J connectivity index is 2.56. The van der Waals surface area contributed by atoms with Gasteiger partial charge in [0.05, 0.1) is 12.1 Å². The molecular weight excluding hydrogens is 254 g/mol. The first kappa shape index (κ1) is 10.9. The number of hydrogen-bond donors (Lipinski definition) is 2. The van der Waals surface area contributed by atoms with Crippen molar-refractivity contribution in [2.45, 2.75) is 32.4 Å². The number of rotatable bonds is 4. The Morgan fingerprint density at radius 3 is 2.69 bits per heavy atom. The lowest BCUT2D eigenvalue weighted by Gasteiger charge is -2.18. The fraction of sp³-hybridized carbons (Fsp3) is 0.714. The van der Waals surface area contributed by atoms with Crippen molar-refractivity contribution in [1.82, 2.24) is 10.2 Å². The van der Waals surface area contributed by atoms with Crippen LogP contribution in [-0.4, -0.2) is 27.4 Å². The highest BCUT2D eigenvalue weighted by molar-refractivity contribution is 9.11. The Morgan fingerprint density at radius 1 is 1.62 bits per heavy atom. The number of nitrogens with zero attached hydrogens (tertiary/aromatic N) is 2. The van der Waals surface area contributed by atoms with Gasteiger partial charge in [-0.15, -0.1) is 10.2 Å². The average Bonchev–Trinajstić information content (AvgIpc) is 2.46. The van der Waals surface area contributed by atoms with Crippen LogP contribution in [0.5, 0.6) is 0 Å². The third-order valence-corrected chi connectivity index (χ3v) is 3.02. The maximum Gasteiger partial charge on any atom is 0.206 e. The van der Waals surface area contributed by atoms with E-state index in [-0.39, 0.29) is 12.1 Å². The van der Waals surface area contributed by atoms with Crippen LogP contribution in [0.2, 0.25) is 0 Å². The normalized spacial score (nSPS) is 15.4. The molecule has 0 aliphatic carbocycles. The van der Waals surface area contributed by atoms with E-state index in [1.807, 2.05) is 6.92 Å². The number of hydrogen-bond acceptors (Lipinski definition) is 5. The molecule has 1 rings (SSSR count). The van der Waals surface area contributed by atoms with Gasteiger partial charge in [-0.1, -0.05) is 18.3 Å². The summed E-state index contributed by atoms with van der Waals surface area (Å²) in [6.07, 6.45) is 0.474. The molecule has 0 fully saturated rings. The van der Waals surface area contributed by atoms with Crippen LogP contribution < -0.4 is 5.32 Å². The van der Waals surface area contributed by atoms with E-state index < -0.39 is 0 Å². The Labute approximate surface area is 89.5 Å². The number of halogens is 1. The SMILES string of the molecule is CCC(Nc1nnc(Br)s1)C(C)O. The molecule has 13 heavy (non-hydrogen) atoms. The lowest BCUT2D eigenvalue weighted by atomic mass is 10.1. The summed E-state index contributed by atoms with van der Waals surface area (Å²) < 4.78 is 0.746. The molecule has 0 saturated heterocycles. The first-order valence-corrected chi connectivity index (χ1v) is 5.68. The van der Waals surface area contributed by atoms with Gasteiger partial charge in [0, 0.05) is 0 Å². The molecule has 0 spiro atoms. The van der Waals surface area contributed by atoms with Gasteiger partial charge in [0.1, 0.15) is 0 Å². The summed E-state index contributed by atoms with van der Waals surface area (Å²) in [6.45, 7) is 3.78. The van der Waals surface area contributed by atoms with Crippen molar-refractivity contribution in [2.24, 2.45) is 0 Å². The van der Waals surface area contributed by atoms with Crippen molar-refractivity contribution in [3.05, 3.63) is 3.92 Å². The molecule has 74 valence electrons. The van der Waals surface area contributed by atoms with Crippen LogP contribution in [0, 0.1) is 0 Å². The summed E-state index contributed by atoms with van der Waals surface area (Å²) in [7, 11) is 0. The minimum atomic E-state index is -0.382. The quantitative estimate of drug-likeness (QED) is 0.873. The zero-order valence-electron chi connectivity index (χ0n) is 7.49. The van der Waals surface area contributed by atoms with E-state index in [2.05, 4.69) is 31.4 Å². The second-order valence-corrected chi connectivity index (χ2v) is 5.01. The van der Waals surface area contributed by atoms with E-state index in [0.29, 0.717) is 0 Å². The van der Waals surface area contributed by atoms with Crippen molar-refractivity contribution in [2.75, 3.05) is 5.32 Å². The van der Waals surface area contributed by atoms with Crippen LogP contribution in [0.15, 0.2) is 3.92 Å². The summed E-state index contributed by atoms with van der Waals surface area (Å²) in [4.78, 5) is 0. The first-order chi connectivity index (χ1) is 6.13. The highest BCUT2D eigenvalue weighted by atomic mass is 79.9. The van der Waals surface area contributed by atoms with Crippen molar-refractivity contribution < 1.29 is 5.11 Å². The highest BCUT2D eigenvalue weighted by Gasteiger charge is 2.13. The Hall–Kier alpha value is -0.200. The molecule has 0 aromatic carbocycles. The molecule has 0 radical (unpaired) electrons. The number of aliphatic hydroxyl groups excluding tert-OH is 1. The van der Waals surface area contributed by atoms with Gasteiger partial charge in [0.2, 0.25) is 5.13 Å². The molecule has 2 atom stereocenters. The molecule has 0 aliphatic rings. The molecule has 1 heterocycles. The maximum absolute atomic E-state index is 9.36. The van der Waals surface area contributed by atoms with E-state index in [1.165, 1.54) is 11.3 Å². The molecule has 0 bridgehead atoms. The van der Waals surface area contributed by atoms with Crippen LogP contribution in [0.25, 0.3) is 0 Å². The van der Waals surface area contributed by atoms with Crippen LogP contribution in [0.4, 0.5) is 5.13 Å². The molecule has 1 aromatic rings. The summed E-state index contributed by atoms with van der Waals surface area (Å²) >= 11 is 4.64. The van der Waals surface area contributed by atoms with Gasteiger partial charge in [-0.2, -0.15) is 0 Å². The van der Waals surface area contributed by atoms with Crippen LogP contribution >= 0.6 is 27.3 Å². The summed E-state index contributed by atoms with van der Waals surface area (Å²) in [5, 5.41) is 20.9. The van der Waals surface area contributed by atoms with Crippen molar-refractivity contribution in [1.29, 1.82) is 0 Å². The van der Waals surface area contributed by atoms with Crippen molar-refractivity contribution >= 4 is 32.4 Å². The summed E-state index contributed by atoms with van der Waals surface area (Å²) in [6, 6.07) is 0.0415. The zero-order chi connectivity index (χ0) is 9.84. The third-order valence-electron chi connectivity index (χ3n) is 1.73. The monoisotopic (exact) mass is 265 g/mol. The predicted octanol–water partition coefficient (Wildman–Crippen LogP) is 1.87. The van der Waals surface area contributed by atoms with Gasteiger partial charge in [-0.3, -0.25) is 0 Å². The van der Waals surface area contributed by atoms with Gasteiger partial charge >= 0.3 is 0 Å². The Bertz CT molecular complexity index is 266. The highest BCUT2D eigenvalue weighted by Crippen LogP contribution is 2.21. The number of aliphatic hydroxyl groups is 1. The second-order valence-electron chi connectivity index (χ2n) is 2.76. The Kier molecular flexibility index (Phi) is 4.08. The topological polar surface area (TPSA) is 58.0 Å². The fourth-order valence-corrected chi connectivity index (χ4v) is 2.06. The van der Waals surface area contributed by atoms with Gasteiger partial charge in [0.15, 0.2) is 3.92 Å². The molecular formula is C7H12BrN3OS. The van der Waals surface area contributed by atoms with E-state index in [4.69, 9.17) is 0 Å². The lowest BCUT2D eigenvalue weighted by Crippen LogP contribution is -2.30. The van der Waals surface area contributed by atoms with Crippen LogP contribution in [0.3, 0.4) is 0 Å². The van der Waals surface area contributed by atoms with Gasteiger partial charge in [0.25, 0.3) is 0 Å². The minimum Gasteiger partial charge on any atom is -0.391 e. The van der Waals surface area contributed by atoms with E-state index in [9.17, 15) is 5.11 Å². The predicted molar refractivity (Wildman–Crippen MR) is 57.0 cm³/mol. The van der Waals surface area contributed by atoms with Gasteiger partial charge in [-0.25, -0.2) is 0 Å². The molecule has 0 aliphatic heterocycles. The fourth-order valence-electron chi connectivity index (χ4n) is 0.986. The molecule has 4 nitrogen and oxygen atoms in total. The largest absolute Gasteiger partial charge is 0.391 e. The average molecular weight is 266 g/mol. The standard InChI is InChI=1S/C7H12BrN3OS/c1-3-5(4(2)12)9-7-11-10-6(8)13-7/h4-5,12H,3H2,1-2H3,(H,9,11). The minimum absolute atomic E-state index is 0.0415. The zero-order valence-corrected chi connectivity index (χ0v) is 9.89. The maximum atomic E-state index is 9.36. The van der Waals surface area contributed by atoms with E-state index in [0.717, 1.165) is 15.5 Å². The van der Waals surface area contributed by atoms with Crippen LogP contribution in [0.1, 0.15) is 20.3 Å². The molecule has 2 unspecified atom stereocenters. The molecule has 2 N–H and O–H groups in total. The number of aromatic nitrogens is 2. The van der Waals surface area contributed by atoms with E-state index >= 15 is 0 Å². The van der Waals surface area contributed by atoms with Crippen molar-refractivity contribution in [3.63, 3.8) is 0 Å². The van der Waals surface area contributed by atoms with Gasteiger partial charge in [-0.05, 0) is 29.3 Å². The van der Waals surface area contributed by atoms with Gasteiger partial charge < -0.3 is 10.4 Å². The summed E-state index contributed by atoms with van der Waals surface area (Å²) in [5.41, 5.74) is 0. The smallest absolute Gasteiger partial charge is 0.206 e. The molecule has 1 aromatic heterocycles.